The molecular formula is C26H36N4O4. The van der Waals surface area contributed by atoms with Gasteiger partial charge in [0.1, 0.15) is 0 Å². The van der Waals surface area contributed by atoms with Crippen molar-refractivity contribution in [2.45, 2.75) is 40.7 Å². The molecule has 0 aliphatic heterocycles. The molecule has 3 aromatic rings. The standard InChI is InChI=1S/C26H36N4O4/c1-16(2)13-29(14-17(3)4)15-18(5)27-26-20-9-8-19(30(31)32)10-22(20)28-23-12-25(34-7)24(33-6)11-21(23)26/h8-12,16-18H,13-15H2,1-7H3,(H,27,28). The van der Waals surface area contributed by atoms with Crippen LogP contribution in [-0.4, -0.2) is 54.7 Å². The van der Waals surface area contributed by atoms with Crippen molar-refractivity contribution in [3.63, 3.8) is 0 Å². The van der Waals surface area contributed by atoms with Crippen molar-refractivity contribution in [2.24, 2.45) is 11.8 Å². The van der Waals surface area contributed by atoms with Gasteiger partial charge in [-0.1, -0.05) is 27.7 Å². The largest absolute Gasteiger partial charge is 0.493 e. The van der Waals surface area contributed by atoms with Crippen LogP contribution >= 0.6 is 0 Å². The lowest BCUT2D eigenvalue weighted by Gasteiger charge is -2.30. The second kappa shape index (κ2) is 10.9. The van der Waals surface area contributed by atoms with E-state index in [1.807, 2.05) is 12.1 Å². The van der Waals surface area contributed by atoms with Crippen molar-refractivity contribution in [3.05, 3.63) is 40.4 Å². The summed E-state index contributed by atoms with van der Waals surface area (Å²) in [6.07, 6.45) is 0. The van der Waals surface area contributed by atoms with Crippen molar-refractivity contribution in [1.82, 2.24) is 9.88 Å². The van der Waals surface area contributed by atoms with Gasteiger partial charge in [-0.3, -0.25) is 10.1 Å². The van der Waals surface area contributed by atoms with Crippen molar-refractivity contribution in [3.8, 4) is 11.5 Å². The van der Waals surface area contributed by atoms with E-state index in [0.717, 1.165) is 36.1 Å². The van der Waals surface area contributed by atoms with E-state index in [9.17, 15) is 10.1 Å². The number of non-ortho nitro benzene ring substituents is 1. The molecule has 8 heteroatoms. The minimum absolute atomic E-state index is 0.0128. The molecule has 1 N–H and O–H groups in total. The third-order valence-electron chi connectivity index (χ3n) is 5.64. The molecular weight excluding hydrogens is 432 g/mol. The number of benzene rings is 2. The molecule has 0 spiro atoms. The Morgan fingerprint density at radius 2 is 1.50 bits per heavy atom. The normalized spacial score (nSPS) is 12.6. The van der Waals surface area contributed by atoms with Gasteiger partial charge in [0, 0.05) is 54.6 Å². The van der Waals surface area contributed by atoms with Crippen LogP contribution in [0.25, 0.3) is 21.8 Å². The van der Waals surface area contributed by atoms with Crippen molar-refractivity contribution in [2.75, 3.05) is 39.2 Å². The van der Waals surface area contributed by atoms with E-state index in [-0.39, 0.29) is 11.7 Å². The van der Waals surface area contributed by atoms with Crippen LogP contribution in [0.3, 0.4) is 0 Å². The molecule has 34 heavy (non-hydrogen) atoms. The Morgan fingerprint density at radius 1 is 0.912 bits per heavy atom. The fourth-order valence-electron chi connectivity index (χ4n) is 4.46. The lowest BCUT2D eigenvalue weighted by molar-refractivity contribution is -0.384. The van der Waals surface area contributed by atoms with Crippen LogP contribution in [0.4, 0.5) is 11.4 Å². The molecule has 2 aromatic carbocycles. The van der Waals surface area contributed by atoms with E-state index < -0.39 is 4.92 Å². The first kappa shape index (κ1) is 25.5. The third-order valence-corrected chi connectivity index (χ3v) is 5.64. The van der Waals surface area contributed by atoms with Crippen LogP contribution in [0.2, 0.25) is 0 Å². The molecule has 8 nitrogen and oxygen atoms in total. The van der Waals surface area contributed by atoms with Gasteiger partial charge < -0.3 is 19.7 Å². The van der Waals surface area contributed by atoms with Gasteiger partial charge in [-0.25, -0.2) is 4.98 Å². The Hall–Kier alpha value is -3.13. The molecule has 0 radical (unpaired) electrons. The molecule has 3 rings (SSSR count). The quantitative estimate of drug-likeness (QED) is 0.218. The van der Waals surface area contributed by atoms with Gasteiger partial charge >= 0.3 is 0 Å². The topological polar surface area (TPSA) is 89.8 Å². The zero-order valence-electron chi connectivity index (χ0n) is 21.2. The molecule has 0 aliphatic carbocycles. The molecule has 0 bridgehead atoms. The van der Waals surface area contributed by atoms with Gasteiger partial charge in [0.15, 0.2) is 11.5 Å². The molecule has 0 fully saturated rings. The lowest BCUT2D eigenvalue weighted by atomic mass is 10.1. The zero-order valence-corrected chi connectivity index (χ0v) is 21.2. The van der Waals surface area contributed by atoms with E-state index >= 15 is 0 Å². The number of ether oxygens (including phenoxy) is 2. The summed E-state index contributed by atoms with van der Waals surface area (Å²) in [6, 6.07) is 8.67. The van der Waals surface area contributed by atoms with Crippen LogP contribution < -0.4 is 14.8 Å². The van der Waals surface area contributed by atoms with Gasteiger partial charge in [-0.2, -0.15) is 0 Å². The van der Waals surface area contributed by atoms with E-state index in [1.165, 1.54) is 12.1 Å². The smallest absolute Gasteiger partial charge is 0.271 e. The maximum atomic E-state index is 11.4. The third kappa shape index (κ3) is 5.86. The number of hydrogen-bond acceptors (Lipinski definition) is 7. The lowest BCUT2D eigenvalue weighted by Crippen LogP contribution is -2.39. The number of nitro groups is 1. The second-order valence-corrected chi connectivity index (χ2v) is 9.72. The highest BCUT2D eigenvalue weighted by molar-refractivity contribution is 6.08. The Kier molecular flexibility index (Phi) is 8.15. The minimum atomic E-state index is -0.397. The fourth-order valence-corrected chi connectivity index (χ4v) is 4.46. The van der Waals surface area contributed by atoms with Gasteiger partial charge in [-0.15, -0.1) is 0 Å². The maximum Gasteiger partial charge on any atom is 0.271 e. The summed E-state index contributed by atoms with van der Waals surface area (Å²) in [4.78, 5) is 18.2. The van der Waals surface area contributed by atoms with Crippen molar-refractivity contribution < 1.29 is 14.4 Å². The van der Waals surface area contributed by atoms with Crippen LogP contribution in [-0.2, 0) is 0 Å². The highest BCUT2D eigenvalue weighted by Gasteiger charge is 2.19. The molecule has 184 valence electrons. The predicted molar refractivity (Wildman–Crippen MR) is 138 cm³/mol. The highest BCUT2D eigenvalue weighted by atomic mass is 16.6. The number of hydrogen-bond donors (Lipinski definition) is 1. The van der Waals surface area contributed by atoms with Crippen LogP contribution in [0.15, 0.2) is 30.3 Å². The average Bonchev–Trinajstić information content (AvgIpc) is 2.76. The molecule has 1 aromatic heterocycles. The summed E-state index contributed by atoms with van der Waals surface area (Å²) in [5, 5.41) is 16.8. The predicted octanol–water partition coefficient (Wildman–Crippen LogP) is 5.73. The van der Waals surface area contributed by atoms with E-state index in [4.69, 9.17) is 14.5 Å². The van der Waals surface area contributed by atoms with Crippen LogP contribution in [0, 0.1) is 22.0 Å². The van der Waals surface area contributed by atoms with Crippen LogP contribution in [0.5, 0.6) is 11.5 Å². The number of anilines is 1. The van der Waals surface area contributed by atoms with E-state index in [0.29, 0.717) is 34.4 Å². The van der Waals surface area contributed by atoms with Gasteiger partial charge in [-0.05, 0) is 30.9 Å². The Labute approximate surface area is 201 Å². The summed E-state index contributed by atoms with van der Waals surface area (Å²) in [7, 11) is 3.18. The molecule has 0 saturated heterocycles. The number of fused-ring (bicyclic) bond motifs is 2. The van der Waals surface area contributed by atoms with Gasteiger partial charge in [0.2, 0.25) is 0 Å². The first-order valence-electron chi connectivity index (χ1n) is 11.8. The number of methoxy groups -OCH3 is 2. The molecule has 0 saturated carbocycles. The molecule has 1 atom stereocenters. The number of rotatable bonds is 11. The second-order valence-electron chi connectivity index (χ2n) is 9.72. The average molecular weight is 469 g/mol. The monoisotopic (exact) mass is 468 g/mol. The van der Waals surface area contributed by atoms with Crippen molar-refractivity contribution in [1.29, 1.82) is 0 Å². The summed E-state index contributed by atoms with van der Waals surface area (Å²) in [5.74, 6) is 2.32. The van der Waals surface area contributed by atoms with E-state index in [2.05, 4.69) is 44.8 Å². The molecule has 1 heterocycles. The van der Waals surface area contributed by atoms with E-state index in [1.54, 1.807) is 20.3 Å². The first-order chi connectivity index (χ1) is 16.1. The maximum absolute atomic E-state index is 11.4. The van der Waals surface area contributed by atoms with Gasteiger partial charge in [0.25, 0.3) is 5.69 Å². The summed E-state index contributed by atoms with van der Waals surface area (Å²) < 4.78 is 11.0. The number of nitro benzene ring substituents is 1. The zero-order chi connectivity index (χ0) is 25.0. The molecule has 0 amide bonds. The molecule has 0 aliphatic rings. The first-order valence-corrected chi connectivity index (χ1v) is 11.8. The molecule has 1 unspecified atom stereocenters. The SMILES string of the molecule is COc1cc2nc3cc([N+](=O)[O-])ccc3c(NC(C)CN(CC(C)C)CC(C)C)c2cc1OC. The Morgan fingerprint density at radius 3 is 2.06 bits per heavy atom. The Bertz CT molecular complexity index is 1150. The number of aromatic nitrogens is 1. The summed E-state index contributed by atoms with van der Waals surface area (Å²) in [5.41, 5.74) is 2.14. The van der Waals surface area contributed by atoms with Crippen LogP contribution in [0.1, 0.15) is 34.6 Å². The number of nitrogens with one attached hydrogen (secondary N) is 1. The number of pyridine rings is 1. The summed E-state index contributed by atoms with van der Waals surface area (Å²) >= 11 is 0. The fraction of sp³-hybridized carbons (Fsp3) is 0.500. The Balaban J connectivity index is 2.10. The number of nitrogens with zero attached hydrogens (tertiary/aromatic N) is 3. The van der Waals surface area contributed by atoms with Crippen molar-refractivity contribution >= 4 is 33.2 Å². The summed E-state index contributed by atoms with van der Waals surface area (Å²) in [6.45, 7) is 14.0. The van der Waals surface area contributed by atoms with Gasteiger partial charge in [0.05, 0.1) is 35.9 Å². The minimum Gasteiger partial charge on any atom is -0.493 e. The highest BCUT2D eigenvalue weighted by Crippen LogP contribution is 2.39.